The van der Waals surface area contributed by atoms with Crippen molar-refractivity contribution in [3.05, 3.63) is 57.3 Å². The maximum Gasteiger partial charge on any atom is 0.346 e. The summed E-state index contributed by atoms with van der Waals surface area (Å²) in [7, 11) is 0. The van der Waals surface area contributed by atoms with Gasteiger partial charge in [-0.25, -0.2) is 9.59 Å². The second-order valence-corrected chi connectivity index (χ2v) is 7.57. The van der Waals surface area contributed by atoms with Gasteiger partial charge in [0, 0.05) is 17.0 Å². The molecule has 0 aliphatic carbocycles. The highest BCUT2D eigenvalue weighted by Crippen LogP contribution is 2.23. The van der Waals surface area contributed by atoms with Crippen molar-refractivity contribution in [2.45, 2.75) is 6.42 Å². The zero-order valence-corrected chi connectivity index (χ0v) is 15.4. The van der Waals surface area contributed by atoms with E-state index < -0.39 is 17.8 Å². The number of nitrogens with one attached hydrogen (secondary N) is 2. The highest BCUT2D eigenvalue weighted by molar-refractivity contribution is 7.19. The monoisotopic (exact) mass is 400 g/mol. The molecule has 0 radical (unpaired) electrons. The Morgan fingerprint density at radius 1 is 1.07 bits per heavy atom. The Morgan fingerprint density at radius 3 is 2.70 bits per heavy atom. The first-order valence-electron chi connectivity index (χ1n) is 7.92. The maximum absolute atomic E-state index is 12.4. The second kappa shape index (κ2) is 7.25. The van der Waals surface area contributed by atoms with Crippen LogP contribution in [0.2, 0.25) is 0 Å². The third-order valence-electron chi connectivity index (χ3n) is 3.78. The van der Waals surface area contributed by atoms with Crippen LogP contribution in [0.3, 0.4) is 0 Å². The van der Waals surface area contributed by atoms with Crippen molar-refractivity contribution in [1.82, 2.24) is 10.2 Å². The number of hydrogen-bond acceptors (Lipinski definition) is 9. The summed E-state index contributed by atoms with van der Waals surface area (Å²) < 4.78 is 4.51. The normalized spacial score (nSPS) is 12.6. The predicted octanol–water partition coefficient (Wildman–Crippen LogP) is 2.82. The van der Waals surface area contributed by atoms with Crippen LogP contribution < -0.4 is 10.6 Å². The number of amides is 1. The number of benzene rings is 1. The van der Waals surface area contributed by atoms with Crippen LogP contribution in [-0.2, 0) is 11.2 Å². The van der Waals surface area contributed by atoms with E-state index in [-0.39, 0.29) is 16.7 Å². The lowest BCUT2D eigenvalue weighted by Gasteiger charge is -2.02. The summed E-state index contributed by atoms with van der Waals surface area (Å²) in [6, 6.07) is 8.26. The Morgan fingerprint density at radius 2 is 1.89 bits per heavy atom. The van der Waals surface area contributed by atoms with Gasteiger partial charge in [0.15, 0.2) is 0 Å². The molecule has 2 N–H and O–H groups in total. The Bertz CT molecular complexity index is 1030. The van der Waals surface area contributed by atoms with Gasteiger partial charge in [0.1, 0.15) is 0 Å². The van der Waals surface area contributed by atoms with Crippen LogP contribution in [0.25, 0.3) is 0 Å². The Hall–Kier alpha value is -3.11. The van der Waals surface area contributed by atoms with Crippen LogP contribution >= 0.6 is 22.7 Å². The third kappa shape index (κ3) is 3.71. The van der Waals surface area contributed by atoms with E-state index in [2.05, 4.69) is 31.6 Å². The van der Waals surface area contributed by atoms with Gasteiger partial charge in [0.2, 0.25) is 10.3 Å². The standard InChI is InChI=1S/C17H12N4O4S2/c22-13(9-3-4-11-12(8-9)15(24)25-14(11)23)19-17-21-20-16(27-17)18-6-5-10-2-1-7-26-10/h1-4,7-8H,5-6H2,(H,18,20)(H,19,21,22). The minimum absolute atomic E-state index is 0.0841. The molecule has 0 saturated heterocycles. The van der Waals surface area contributed by atoms with Gasteiger partial charge >= 0.3 is 11.9 Å². The average molecular weight is 400 g/mol. The van der Waals surface area contributed by atoms with Crippen LogP contribution in [0.1, 0.15) is 36.0 Å². The molecule has 1 aliphatic heterocycles. The van der Waals surface area contributed by atoms with Crippen molar-refractivity contribution in [2.24, 2.45) is 0 Å². The van der Waals surface area contributed by atoms with E-state index in [1.165, 1.54) is 34.4 Å². The SMILES string of the molecule is O=C(Nc1nnc(NCCc2cccs2)s1)c1ccc2c(c1)C(=O)OC2=O. The van der Waals surface area contributed by atoms with Gasteiger partial charge in [-0.15, -0.1) is 21.5 Å². The van der Waals surface area contributed by atoms with Gasteiger partial charge in [0.25, 0.3) is 5.91 Å². The number of cyclic esters (lactones) is 2. The van der Waals surface area contributed by atoms with Gasteiger partial charge in [-0.2, -0.15) is 0 Å². The molecule has 1 amide bonds. The molecule has 4 rings (SSSR count). The Kier molecular flexibility index (Phi) is 4.65. The summed E-state index contributed by atoms with van der Waals surface area (Å²) in [6.07, 6.45) is 0.878. The van der Waals surface area contributed by atoms with E-state index >= 15 is 0 Å². The van der Waals surface area contributed by atoms with Gasteiger partial charge in [-0.3, -0.25) is 10.1 Å². The van der Waals surface area contributed by atoms with Gasteiger partial charge in [0.05, 0.1) is 11.1 Å². The first kappa shape index (κ1) is 17.3. The molecule has 3 aromatic rings. The lowest BCUT2D eigenvalue weighted by atomic mass is 10.1. The molecule has 1 aliphatic rings. The fraction of sp³-hybridized carbons (Fsp3) is 0.118. The molecule has 3 heterocycles. The van der Waals surface area contributed by atoms with E-state index in [9.17, 15) is 14.4 Å². The van der Waals surface area contributed by atoms with Crippen molar-refractivity contribution in [3.63, 3.8) is 0 Å². The van der Waals surface area contributed by atoms with Gasteiger partial charge < -0.3 is 10.1 Å². The molecule has 2 aromatic heterocycles. The van der Waals surface area contributed by atoms with Crippen LogP contribution in [0.5, 0.6) is 0 Å². The van der Waals surface area contributed by atoms with E-state index in [1.54, 1.807) is 11.3 Å². The smallest absolute Gasteiger partial charge is 0.346 e. The molecule has 1 aromatic carbocycles. The summed E-state index contributed by atoms with van der Waals surface area (Å²) in [5.74, 6) is -1.91. The zero-order valence-electron chi connectivity index (χ0n) is 13.7. The number of esters is 2. The number of nitrogens with zero attached hydrogens (tertiary/aromatic N) is 2. The number of aromatic nitrogens is 2. The molecule has 0 unspecified atom stereocenters. The minimum atomic E-state index is -0.752. The molecule has 27 heavy (non-hydrogen) atoms. The zero-order chi connectivity index (χ0) is 18.8. The van der Waals surface area contributed by atoms with Crippen LogP contribution in [0.15, 0.2) is 35.7 Å². The predicted molar refractivity (Wildman–Crippen MR) is 101 cm³/mol. The van der Waals surface area contributed by atoms with Crippen LogP contribution in [0, 0.1) is 0 Å². The molecular weight excluding hydrogens is 388 g/mol. The number of thiophene rings is 1. The molecule has 0 spiro atoms. The molecule has 10 heteroatoms. The topological polar surface area (TPSA) is 110 Å². The average Bonchev–Trinajstić information content (AvgIpc) is 3.38. The molecule has 8 nitrogen and oxygen atoms in total. The summed E-state index contributed by atoms with van der Waals surface area (Å²) in [5, 5.41) is 16.7. The molecule has 0 fully saturated rings. The maximum atomic E-state index is 12.4. The lowest BCUT2D eigenvalue weighted by Crippen LogP contribution is -2.12. The molecule has 0 bridgehead atoms. The van der Waals surface area contributed by atoms with E-state index in [1.807, 2.05) is 11.4 Å². The number of rotatable bonds is 6. The number of carbonyl (C=O) groups excluding carboxylic acids is 3. The van der Waals surface area contributed by atoms with Gasteiger partial charge in [-0.05, 0) is 36.1 Å². The summed E-state index contributed by atoms with van der Waals surface area (Å²) >= 11 is 2.91. The van der Waals surface area contributed by atoms with Crippen molar-refractivity contribution >= 4 is 50.8 Å². The van der Waals surface area contributed by atoms with Crippen molar-refractivity contribution in [1.29, 1.82) is 0 Å². The molecule has 0 atom stereocenters. The number of hydrogen-bond donors (Lipinski definition) is 2. The first-order valence-corrected chi connectivity index (χ1v) is 9.61. The first-order chi connectivity index (χ1) is 13.1. The molecule has 0 saturated carbocycles. The summed E-state index contributed by atoms with van der Waals surface area (Å²) in [5.41, 5.74) is 0.466. The van der Waals surface area contributed by atoms with E-state index in [0.717, 1.165) is 6.42 Å². The quantitative estimate of drug-likeness (QED) is 0.483. The molecule has 136 valence electrons. The van der Waals surface area contributed by atoms with E-state index in [0.29, 0.717) is 16.8 Å². The summed E-state index contributed by atoms with van der Waals surface area (Å²) in [6.45, 7) is 0.712. The van der Waals surface area contributed by atoms with Crippen molar-refractivity contribution in [3.8, 4) is 0 Å². The summed E-state index contributed by atoms with van der Waals surface area (Å²) in [4.78, 5) is 36.7. The highest BCUT2D eigenvalue weighted by atomic mass is 32.1. The molecular formula is C17H12N4O4S2. The van der Waals surface area contributed by atoms with Crippen LogP contribution in [-0.4, -0.2) is 34.6 Å². The van der Waals surface area contributed by atoms with Crippen LogP contribution in [0.4, 0.5) is 10.3 Å². The fourth-order valence-electron chi connectivity index (χ4n) is 2.49. The fourth-order valence-corrected chi connectivity index (χ4v) is 3.86. The van der Waals surface area contributed by atoms with Gasteiger partial charge in [-0.1, -0.05) is 17.4 Å². The third-order valence-corrected chi connectivity index (χ3v) is 5.51. The highest BCUT2D eigenvalue weighted by Gasteiger charge is 2.30. The van der Waals surface area contributed by atoms with E-state index in [4.69, 9.17) is 0 Å². The van der Waals surface area contributed by atoms with Crippen molar-refractivity contribution in [2.75, 3.05) is 17.2 Å². The minimum Gasteiger partial charge on any atom is -0.386 e. The Balaban J connectivity index is 1.37. The number of carbonyl (C=O) groups is 3. The largest absolute Gasteiger partial charge is 0.386 e. The lowest BCUT2D eigenvalue weighted by molar-refractivity contribution is 0.0443. The Labute approximate surface area is 161 Å². The number of ether oxygens (including phenoxy) is 1. The van der Waals surface area contributed by atoms with Crippen molar-refractivity contribution < 1.29 is 19.1 Å². The second-order valence-electron chi connectivity index (χ2n) is 5.56. The number of anilines is 2. The number of fused-ring (bicyclic) bond motifs is 1.